The lowest BCUT2D eigenvalue weighted by Gasteiger charge is -2.03. The van der Waals surface area contributed by atoms with Crippen LogP contribution in [0, 0.1) is 0 Å². The smallest absolute Gasteiger partial charge is 0.349 e. The first-order chi connectivity index (χ1) is 13.7. The number of benzene rings is 2. The molecule has 0 aliphatic heterocycles. The molecule has 0 fully saturated rings. The topological polar surface area (TPSA) is 104 Å². The zero-order valence-corrected chi connectivity index (χ0v) is 14.4. The van der Waals surface area contributed by atoms with Crippen LogP contribution in [0.5, 0.6) is 0 Å². The summed E-state index contributed by atoms with van der Waals surface area (Å²) in [4.78, 5) is 33.3. The fourth-order valence-corrected chi connectivity index (χ4v) is 3.01. The number of para-hydroxylation sites is 2. The van der Waals surface area contributed by atoms with Crippen molar-refractivity contribution in [1.82, 2.24) is 19.7 Å². The lowest BCUT2D eigenvalue weighted by Crippen LogP contribution is -2.21. The third-order valence-electron chi connectivity index (χ3n) is 4.38. The molecule has 3 heterocycles. The molecule has 8 heteroatoms. The summed E-state index contributed by atoms with van der Waals surface area (Å²) in [6, 6.07) is 15.9. The van der Waals surface area contributed by atoms with E-state index < -0.39 is 5.63 Å². The van der Waals surface area contributed by atoms with Gasteiger partial charge in [0.15, 0.2) is 5.82 Å². The molecule has 0 unspecified atom stereocenters. The molecular formula is C20H12N4O4. The molecule has 2 aromatic carbocycles. The maximum atomic E-state index is 12.6. The molecule has 0 aliphatic carbocycles. The van der Waals surface area contributed by atoms with E-state index in [0.717, 1.165) is 5.39 Å². The Balaban J connectivity index is 1.52. The Labute approximate surface area is 156 Å². The van der Waals surface area contributed by atoms with E-state index in [1.165, 1.54) is 10.9 Å². The van der Waals surface area contributed by atoms with Crippen molar-refractivity contribution in [2.45, 2.75) is 6.54 Å². The Bertz CT molecular complexity index is 1450. The molecule has 0 atom stereocenters. The van der Waals surface area contributed by atoms with Crippen molar-refractivity contribution in [3.8, 4) is 11.5 Å². The van der Waals surface area contributed by atoms with Crippen LogP contribution in [0.15, 0.2) is 79.5 Å². The zero-order valence-electron chi connectivity index (χ0n) is 14.4. The molecule has 0 bridgehead atoms. The molecule has 3 aromatic heterocycles. The predicted molar refractivity (Wildman–Crippen MR) is 101 cm³/mol. The first-order valence-corrected chi connectivity index (χ1v) is 8.49. The van der Waals surface area contributed by atoms with Gasteiger partial charge in [0, 0.05) is 5.39 Å². The van der Waals surface area contributed by atoms with Gasteiger partial charge in [0.05, 0.1) is 23.8 Å². The minimum absolute atomic E-state index is 0.0382. The van der Waals surface area contributed by atoms with E-state index in [9.17, 15) is 9.59 Å². The first-order valence-electron chi connectivity index (χ1n) is 8.49. The van der Waals surface area contributed by atoms with Gasteiger partial charge in [0.1, 0.15) is 11.1 Å². The summed E-state index contributed by atoms with van der Waals surface area (Å²) in [6.07, 6.45) is 1.44. The highest BCUT2D eigenvalue weighted by molar-refractivity contribution is 5.80. The SMILES string of the molecule is O=c1oc2ccccc2cc1-c1nc(Cn2cnc3ccccc3c2=O)no1. The van der Waals surface area contributed by atoms with Gasteiger partial charge in [0.25, 0.3) is 11.4 Å². The van der Waals surface area contributed by atoms with E-state index in [2.05, 4.69) is 15.1 Å². The minimum Gasteiger partial charge on any atom is -0.422 e. The average molecular weight is 372 g/mol. The fraction of sp³-hybridized carbons (Fsp3) is 0.0500. The second kappa shape index (κ2) is 6.27. The molecule has 0 aliphatic rings. The number of aromatic nitrogens is 4. The first kappa shape index (κ1) is 16.1. The van der Waals surface area contributed by atoms with Crippen LogP contribution >= 0.6 is 0 Å². The summed E-state index contributed by atoms with van der Waals surface area (Å²) in [5.41, 5.74) is 0.484. The molecule has 0 saturated heterocycles. The Kier molecular flexibility index (Phi) is 3.61. The lowest BCUT2D eigenvalue weighted by atomic mass is 10.2. The molecule has 0 saturated carbocycles. The summed E-state index contributed by atoms with van der Waals surface area (Å²) in [6.45, 7) is 0.0685. The maximum Gasteiger partial charge on any atom is 0.349 e. The molecule has 8 nitrogen and oxygen atoms in total. The van der Waals surface area contributed by atoms with Gasteiger partial charge in [-0.2, -0.15) is 4.98 Å². The molecule has 136 valence electrons. The van der Waals surface area contributed by atoms with Gasteiger partial charge >= 0.3 is 5.63 Å². The van der Waals surface area contributed by atoms with Crippen LogP contribution in [-0.4, -0.2) is 19.7 Å². The fourth-order valence-electron chi connectivity index (χ4n) is 3.01. The van der Waals surface area contributed by atoms with Crippen LogP contribution in [0.2, 0.25) is 0 Å². The van der Waals surface area contributed by atoms with Crippen molar-refractivity contribution in [2.24, 2.45) is 0 Å². The monoisotopic (exact) mass is 372 g/mol. The summed E-state index contributed by atoms with van der Waals surface area (Å²) in [5.74, 6) is 0.290. The molecule has 0 N–H and O–H groups in total. The number of fused-ring (bicyclic) bond motifs is 2. The van der Waals surface area contributed by atoms with E-state index in [1.807, 2.05) is 18.2 Å². The number of rotatable bonds is 3. The summed E-state index contributed by atoms with van der Waals surface area (Å²) in [7, 11) is 0. The van der Waals surface area contributed by atoms with Gasteiger partial charge in [-0.05, 0) is 24.3 Å². The molecule has 5 rings (SSSR count). The van der Waals surface area contributed by atoms with Gasteiger partial charge in [-0.3, -0.25) is 9.36 Å². The molecule has 28 heavy (non-hydrogen) atoms. The van der Waals surface area contributed by atoms with Crippen molar-refractivity contribution in [2.75, 3.05) is 0 Å². The van der Waals surface area contributed by atoms with Crippen LogP contribution in [0.4, 0.5) is 0 Å². The minimum atomic E-state index is -0.571. The van der Waals surface area contributed by atoms with Crippen LogP contribution < -0.4 is 11.2 Å². The van der Waals surface area contributed by atoms with Crippen molar-refractivity contribution in [1.29, 1.82) is 0 Å². The van der Waals surface area contributed by atoms with E-state index >= 15 is 0 Å². The Hall–Kier alpha value is -4.07. The zero-order chi connectivity index (χ0) is 19.1. The molecule has 0 radical (unpaired) electrons. The normalized spacial score (nSPS) is 11.3. The number of hydrogen-bond donors (Lipinski definition) is 0. The van der Waals surface area contributed by atoms with Crippen LogP contribution in [-0.2, 0) is 6.54 Å². The van der Waals surface area contributed by atoms with Crippen LogP contribution in [0.1, 0.15) is 5.82 Å². The third kappa shape index (κ3) is 2.67. The van der Waals surface area contributed by atoms with Crippen molar-refractivity contribution in [3.05, 3.63) is 87.5 Å². The Morgan fingerprint density at radius 3 is 2.75 bits per heavy atom. The summed E-state index contributed by atoms with van der Waals surface area (Å²) in [5, 5.41) is 5.12. The molecular weight excluding hydrogens is 360 g/mol. The van der Waals surface area contributed by atoms with E-state index in [-0.39, 0.29) is 29.4 Å². The highest BCUT2D eigenvalue weighted by Crippen LogP contribution is 2.19. The van der Waals surface area contributed by atoms with E-state index in [1.54, 1.807) is 36.4 Å². The van der Waals surface area contributed by atoms with E-state index in [0.29, 0.717) is 16.5 Å². The van der Waals surface area contributed by atoms with Gasteiger partial charge in [-0.15, -0.1) is 0 Å². The standard InChI is InChI=1S/C20H12N4O4/c25-19-13-6-2-3-7-15(13)21-11-24(19)10-17-22-18(28-23-17)14-9-12-5-1-4-8-16(12)27-20(14)26/h1-9,11H,10H2. The molecule has 0 amide bonds. The summed E-state index contributed by atoms with van der Waals surface area (Å²) < 4.78 is 11.9. The highest BCUT2D eigenvalue weighted by atomic mass is 16.5. The second-order valence-electron chi connectivity index (χ2n) is 6.20. The molecule has 0 spiro atoms. The predicted octanol–water partition coefficient (Wildman–Crippen LogP) is 2.60. The van der Waals surface area contributed by atoms with Crippen LogP contribution in [0.25, 0.3) is 33.3 Å². The lowest BCUT2D eigenvalue weighted by molar-refractivity contribution is 0.417. The van der Waals surface area contributed by atoms with Gasteiger partial charge < -0.3 is 8.94 Å². The summed E-state index contributed by atoms with van der Waals surface area (Å²) >= 11 is 0. The van der Waals surface area contributed by atoms with Crippen molar-refractivity contribution in [3.63, 3.8) is 0 Å². The number of nitrogens with zero attached hydrogens (tertiary/aromatic N) is 4. The highest BCUT2D eigenvalue weighted by Gasteiger charge is 2.16. The largest absolute Gasteiger partial charge is 0.422 e. The van der Waals surface area contributed by atoms with Gasteiger partial charge in [-0.1, -0.05) is 35.5 Å². The van der Waals surface area contributed by atoms with Gasteiger partial charge in [-0.25, -0.2) is 9.78 Å². The average Bonchev–Trinajstić information content (AvgIpc) is 3.18. The van der Waals surface area contributed by atoms with Crippen molar-refractivity contribution < 1.29 is 8.94 Å². The van der Waals surface area contributed by atoms with Gasteiger partial charge in [0.2, 0.25) is 0 Å². The van der Waals surface area contributed by atoms with Crippen molar-refractivity contribution >= 4 is 21.9 Å². The second-order valence-corrected chi connectivity index (χ2v) is 6.20. The third-order valence-corrected chi connectivity index (χ3v) is 4.38. The maximum absolute atomic E-state index is 12.6. The quantitative estimate of drug-likeness (QED) is 0.448. The number of hydrogen-bond acceptors (Lipinski definition) is 7. The Morgan fingerprint density at radius 1 is 1.00 bits per heavy atom. The molecule has 5 aromatic rings. The Morgan fingerprint density at radius 2 is 1.82 bits per heavy atom. The van der Waals surface area contributed by atoms with E-state index in [4.69, 9.17) is 8.94 Å². The van der Waals surface area contributed by atoms with Crippen LogP contribution in [0.3, 0.4) is 0 Å².